The molecule has 4 heteroatoms. The van der Waals surface area contributed by atoms with Crippen LogP contribution in [-0.4, -0.2) is 10.5 Å². The Morgan fingerprint density at radius 2 is 2.42 bits per heavy atom. The highest BCUT2D eigenvalue weighted by Crippen LogP contribution is 2.24. The second-order valence-electron chi connectivity index (χ2n) is 2.69. The molecule has 2 aromatic heterocycles. The van der Waals surface area contributed by atoms with Gasteiger partial charge in [-0.3, -0.25) is 4.57 Å². The topological polar surface area (TPSA) is 44.4 Å². The fourth-order valence-corrected chi connectivity index (χ4v) is 1.48. The summed E-state index contributed by atoms with van der Waals surface area (Å²) in [5, 5.41) is 0. The van der Waals surface area contributed by atoms with Gasteiger partial charge in [-0.15, -0.1) is 0 Å². The van der Waals surface area contributed by atoms with Crippen LogP contribution in [0.15, 0.2) is 22.8 Å². The first kappa shape index (κ1) is 5.88. The lowest BCUT2D eigenvalue weighted by molar-refractivity contribution is 0.0498. The van der Waals surface area contributed by atoms with E-state index in [4.69, 9.17) is 9.15 Å². The number of ether oxygens (including phenoxy) is 1. The number of rotatable bonds is 0. The standard InChI is InChI=1S/C8H5NO3/c10-8-6-3-7-5(1-2-11-7)9(6)4-12-8/h1-3H,4H2. The lowest BCUT2D eigenvalue weighted by atomic mass is 10.4. The Bertz CT molecular complexity index is 466. The number of carbonyl (C=O) groups is 1. The minimum Gasteiger partial charge on any atom is -0.463 e. The van der Waals surface area contributed by atoms with Crippen molar-refractivity contribution in [2.24, 2.45) is 0 Å². The van der Waals surface area contributed by atoms with E-state index in [1.807, 2.05) is 6.07 Å². The molecule has 0 radical (unpaired) electrons. The normalized spacial score (nSPS) is 15.2. The summed E-state index contributed by atoms with van der Waals surface area (Å²) < 4.78 is 11.8. The molecule has 2 aromatic rings. The van der Waals surface area contributed by atoms with E-state index in [1.54, 1.807) is 16.9 Å². The van der Waals surface area contributed by atoms with Crippen LogP contribution in [0.1, 0.15) is 10.5 Å². The molecule has 0 saturated carbocycles. The number of hydrogen-bond acceptors (Lipinski definition) is 3. The maximum Gasteiger partial charge on any atom is 0.356 e. The average Bonchev–Trinajstić information content (AvgIpc) is 2.63. The van der Waals surface area contributed by atoms with E-state index in [2.05, 4.69) is 0 Å². The molecule has 0 saturated heterocycles. The van der Waals surface area contributed by atoms with E-state index in [-0.39, 0.29) is 5.97 Å². The van der Waals surface area contributed by atoms with Crippen molar-refractivity contribution in [3.63, 3.8) is 0 Å². The molecule has 0 aromatic carbocycles. The molecular formula is C8H5NO3. The third-order valence-corrected chi connectivity index (χ3v) is 2.06. The van der Waals surface area contributed by atoms with Crippen LogP contribution >= 0.6 is 0 Å². The van der Waals surface area contributed by atoms with Gasteiger partial charge in [-0.2, -0.15) is 0 Å². The van der Waals surface area contributed by atoms with E-state index in [9.17, 15) is 4.79 Å². The minimum absolute atomic E-state index is 0.276. The summed E-state index contributed by atoms with van der Waals surface area (Å²) in [7, 11) is 0. The Hall–Kier alpha value is -1.71. The highest BCUT2D eigenvalue weighted by atomic mass is 16.6. The van der Waals surface area contributed by atoms with Gasteiger partial charge in [0.05, 0.1) is 11.8 Å². The molecule has 0 bridgehead atoms. The summed E-state index contributed by atoms with van der Waals surface area (Å²) in [5.41, 5.74) is 2.22. The average molecular weight is 163 g/mol. The predicted octanol–water partition coefficient (Wildman–Crippen LogP) is 1.36. The van der Waals surface area contributed by atoms with Gasteiger partial charge < -0.3 is 9.15 Å². The van der Waals surface area contributed by atoms with Crippen molar-refractivity contribution in [1.82, 2.24) is 4.57 Å². The van der Waals surface area contributed by atoms with Gasteiger partial charge in [-0.05, 0) is 0 Å². The molecule has 1 aliphatic rings. The van der Waals surface area contributed by atoms with Gasteiger partial charge in [0.15, 0.2) is 12.3 Å². The number of carbonyl (C=O) groups excluding carboxylic acids is 1. The summed E-state index contributed by atoms with van der Waals surface area (Å²) in [6.07, 6.45) is 1.60. The zero-order valence-corrected chi connectivity index (χ0v) is 6.11. The Kier molecular flexibility index (Phi) is 0.841. The Morgan fingerprint density at radius 1 is 1.50 bits per heavy atom. The van der Waals surface area contributed by atoms with E-state index < -0.39 is 0 Å². The molecule has 60 valence electrons. The van der Waals surface area contributed by atoms with Crippen LogP contribution in [0.4, 0.5) is 0 Å². The lowest BCUT2D eigenvalue weighted by Crippen LogP contribution is -1.91. The van der Waals surface area contributed by atoms with Crippen LogP contribution in [0, 0.1) is 0 Å². The molecule has 4 nitrogen and oxygen atoms in total. The van der Waals surface area contributed by atoms with Gasteiger partial charge in [0.25, 0.3) is 0 Å². The number of fused-ring (bicyclic) bond motifs is 3. The van der Waals surface area contributed by atoms with Crippen molar-refractivity contribution in [2.75, 3.05) is 0 Å². The maximum atomic E-state index is 11.0. The summed E-state index contributed by atoms with van der Waals surface area (Å²) >= 11 is 0. The minimum atomic E-state index is -0.276. The summed E-state index contributed by atoms with van der Waals surface area (Å²) in [5.74, 6) is -0.276. The zero-order valence-electron chi connectivity index (χ0n) is 6.11. The molecule has 12 heavy (non-hydrogen) atoms. The summed E-state index contributed by atoms with van der Waals surface area (Å²) in [6, 6.07) is 3.52. The summed E-state index contributed by atoms with van der Waals surface area (Å²) in [4.78, 5) is 11.0. The van der Waals surface area contributed by atoms with E-state index in [0.29, 0.717) is 12.4 Å². The molecule has 0 spiro atoms. The molecule has 3 heterocycles. The molecule has 0 aliphatic carbocycles. The van der Waals surface area contributed by atoms with Crippen molar-refractivity contribution >= 4 is 17.1 Å². The fraction of sp³-hybridized carbons (Fsp3) is 0.125. The fourth-order valence-electron chi connectivity index (χ4n) is 1.48. The highest BCUT2D eigenvalue weighted by molar-refractivity contribution is 5.95. The first-order chi connectivity index (χ1) is 5.86. The second kappa shape index (κ2) is 1.72. The Labute approximate surface area is 67.3 Å². The van der Waals surface area contributed by atoms with Crippen molar-refractivity contribution in [3.05, 3.63) is 24.1 Å². The number of aromatic nitrogens is 1. The third-order valence-electron chi connectivity index (χ3n) is 2.06. The molecule has 1 aliphatic heterocycles. The molecular weight excluding hydrogens is 158 g/mol. The van der Waals surface area contributed by atoms with E-state index in [0.717, 1.165) is 11.1 Å². The summed E-state index contributed by atoms with van der Waals surface area (Å²) in [6.45, 7) is 0.303. The van der Waals surface area contributed by atoms with Crippen LogP contribution in [0.25, 0.3) is 11.1 Å². The van der Waals surface area contributed by atoms with Gasteiger partial charge in [0, 0.05) is 12.1 Å². The van der Waals surface area contributed by atoms with Crippen LogP contribution in [-0.2, 0) is 11.5 Å². The molecule has 0 fully saturated rings. The molecule has 0 unspecified atom stereocenters. The van der Waals surface area contributed by atoms with E-state index in [1.165, 1.54) is 0 Å². The van der Waals surface area contributed by atoms with Gasteiger partial charge in [-0.25, -0.2) is 4.79 Å². The maximum absolute atomic E-state index is 11.0. The van der Waals surface area contributed by atoms with Crippen molar-refractivity contribution in [3.8, 4) is 0 Å². The van der Waals surface area contributed by atoms with Gasteiger partial charge >= 0.3 is 5.97 Å². The quantitative estimate of drug-likeness (QED) is 0.551. The van der Waals surface area contributed by atoms with Gasteiger partial charge in [0.2, 0.25) is 0 Å². The van der Waals surface area contributed by atoms with Crippen molar-refractivity contribution in [2.45, 2.75) is 6.73 Å². The van der Waals surface area contributed by atoms with Crippen LogP contribution in [0.2, 0.25) is 0 Å². The van der Waals surface area contributed by atoms with Crippen LogP contribution in [0.3, 0.4) is 0 Å². The Balaban J connectivity index is 2.46. The molecule has 3 rings (SSSR count). The number of hydrogen-bond donors (Lipinski definition) is 0. The third kappa shape index (κ3) is 0.514. The monoisotopic (exact) mass is 163 g/mol. The highest BCUT2D eigenvalue weighted by Gasteiger charge is 2.24. The van der Waals surface area contributed by atoms with Crippen molar-refractivity contribution < 1.29 is 13.9 Å². The Morgan fingerprint density at radius 3 is 3.33 bits per heavy atom. The molecule has 0 N–H and O–H groups in total. The van der Waals surface area contributed by atoms with Crippen LogP contribution in [0.5, 0.6) is 0 Å². The van der Waals surface area contributed by atoms with E-state index >= 15 is 0 Å². The lowest BCUT2D eigenvalue weighted by Gasteiger charge is -1.91. The smallest absolute Gasteiger partial charge is 0.356 e. The number of esters is 1. The second-order valence-corrected chi connectivity index (χ2v) is 2.69. The largest absolute Gasteiger partial charge is 0.463 e. The zero-order chi connectivity index (χ0) is 8.13. The molecule has 0 atom stereocenters. The van der Waals surface area contributed by atoms with Gasteiger partial charge in [0.1, 0.15) is 5.69 Å². The van der Waals surface area contributed by atoms with Crippen LogP contribution < -0.4 is 0 Å². The SMILES string of the molecule is O=C1OCn2c1cc1occc12. The number of nitrogens with zero attached hydrogens (tertiary/aromatic N) is 1. The first-order valence-corrected chi connectivity index (χ1v) is 3.60. The number of cyclic esters (lactones) is 1. The number of furan rings is 1. The first-order valence-electron chi connectivity index (χ1n) is 3.60. The van der Waals surface area contributed by atoms with Crippen molar-refractivity contribution in [1.29, 1.82) is 0 Å². The molecule has 0 amide bonds. The predicted molar refractivity (Wildman–Crippen MR) is 39.6 cm³/mol. The van der Waals surface area contributed by atoms with Gasteiger partial charge in [-0.1, -0.05) is 0 Å².